The van der Waals surface area contributed by atoms with Crippen LogP contribution in [0, 0.1) is 11.6 Å². The zero-order valence-electron chi connectivity index (χ0n) is 9.50. The lowest BCUT2D eigenvalue weighted by molar-refractivity contribution is 0.601. The first-order valence-corrected chi connectivity index (χ1v) is 5.39. The van der Waals surface area contributed by atoms with Crippen molar-refractivity contribution in [2.24, 2.45) is 0 Å². The van der Waals surface area contributed by atoms with Crippen molar-refractivity contribution in [1.29, 1.82) is 0 Å². The molecule has 0 atom stereocenters. The molecule has 0 spiro atoms. The molecule has 0 aliphatic carbocycles. The maximum Gasteiger partial charge on any atom is 0.128 e. The van der Waals surface area contributed by atoms with Gasteiger partial charge >= 0.3 is 0 Å². The molecule has 0 fully saturated rings. The molecule has 0 saturated heterocycles. The van der Waals surface area contributed by atoms with E-state index in [0.29, 0.717) is 12.1 Å². The molecule has 2 aromatic rings. The van der Waals surface area contributed by atoms with Gasteiger partial charge in [0.25, 0.3) is 0 Å². The largest absolute Gasteiger partial charge is 0.316 e. The highest BCUT2D eigenvalue weighted by molar-refractivity contribution is 5.63. The van der Waals surface area contributed by atoms with Gasteiger partial charge < -0.3 is 5.32 Å². The Morgan fingerprint density at radius 3 is 2.18 bits per heavy atom. The number of benzene rings is 2. The van der Waals surface area contributed by atoms with Gasteiger partial charge in [0.2, 0.25) is 0 Å². The van der Waals surface area contributed by atoms with Gasteiger partial charge in [-0.25, -0.2) is 8.78 Å². The minimum absolute atomic E-state index is 0.249. The Hall–Kier alpha value is -1.74. The number of nitrogens with one attached hydrogen (secondary N) is 1. The van der Waals surface area contributed by atoms with Crippen LogP contribution in [0.15, 0.2) is 42.5 Å². The fourth-order valence-electron chi connectivity index (χ4n) is 1.70. The van der Waals surface area contributed by atoms with Gasteiger partial charge in [-0.15, -0.1) is 0 Å². The van der Waals surface area contributed by atoms with E-state index in [-0.39, 0.29) is 11.6 Å². The van der Waals surface area contributed by atoms with E-state index in [0.717, 1.165) is 11.1 Å². The lowest BCUT2D eigenvalue weighted by Gasteiger charge is -2.06. The van der Waals surface area contributed by atoms with Crippen molar-refractivity contribution in [3.63, 3.8) is 0 Å². The van der Waals surface area contributed by atoms with E-state index >= 15 is 0 Å². The molecule has 1 nitrogen and oxygen atoms in total. The summed E-state index contributed by atoms with van der Waals surface area (Å²) in [6.07, 6.45) is 0. The summed E-state index contributed by atoms with van der Waals surface area (Å²) in [5.41, 5.74) is 2.18. The Morgan fingerprint density at radius 2 is 1.59 bits per heavy atom. The summed E-state index contributed by atoms with van der Waals surface area (Å²) in [6.45, 7) is 0.496. The van der Waals surface area contributed by atoms with Gasteiger partial charge in [-0.3, -0.25) is 0 Å². The third-order valence-electron chi connectivity index (χ3n) is 2.60. The molecule has 3 heteroatoms. The molecular weight excluding hydrogens is 220 g/mol. The molecular formula is C14H13F2N. The molecule has 17 heavy (non-hydrogen) atoms. The van der Waals surface area contributed by atoms with Crippen LogP contribution in [0.2, 0.25) is 0 Å². The number of hydrogen-bond donors (Lipinski definition) is 1. The van der Waals surface area contributed by atoms with E-state index in [1.54, 1.807) is 25.2 Å². The maximum atomic E-state index is 13.7. The highest BCUT2D eigenvalue weighted by Gasteiger charge is 2.04. The second-order valence-electron chi connectivity index (χ2n) is 3.84. The summed E-state index contributed by atoms with van der Waals surface area (Å²) < 4.78 is 26.5. The zero-order chi connectivity index (χ0) is 12.3. The summed E-state index contributed by atoms with van der Waals surface area (Å²) in [5, 5.41) is 2.90. The topological polar surface area (TPSA) is 12.0 Å². The molecule has 0 heterocycles. The van der Waals surface area contributed by atoms with Crippen LogP contribution in [0.3, 0.4) is 0 Å². The van der Waals surface area contributed by atoms with Crippen LogP contribution in [0.5, 0.6) is 0 Å². The van der Waals surface area contributed by atoms with Crippen LogP contribution < -0.4 is 5.32 Å². The number of hydrogen-bond acceptors (Lipinski definition) is 1. The van der Waals surface area contributed by atoms with Gasteiger partial charge in [0.15, 0.2) is 0 Å². The highest BCUT2D eigenvalue weighted by Crippen LogP contribution is 2.22. The molecule has 0 aliphatic rings. The summed E-state index contributed by atoms with van der Waals surface area (Å²) in [4.78, 5) is 0. The monoisotopic (exact) mass is 233 g/mol. The Kier molecular flexibility index (Phi) is 3.49. The summed E-state index contributed by atoms with van der Waals surface area (Å²) in [6, 6.07) is 11.1. The first-order valence-electron chi connectivity index (χ1n) is 5.39. The molecule has 2 rings (SSSR count). The minimum Gasteiger partial charge on any atom is -0.316 e. The molecule has 88 valence electrons. The van der Waals surface area contributed by atoms with Crippen LogP contribution in [0.4, 0.5) is 8.78 Å². The van der Waals surface area contributed by atoms with E-state index in [1.807, 2.05) is 6.07 Å². The maximum absolute atomic E-state index is 13.7. The smallest absolute Gasteiger partial charge is 0.128 e. The number of rotatable bonds is 3. The lowest BCUT2D eigenvalue weighted by atomic mass is 10.0. The van der Waals surface area contributed by atoms with Crippen LogP contribution in [-0.4, -0.2) is 7.05 Å². The lowest BCUT2D eigenvalue weighted by Crippen LogP contribution is -2.06. The van der Waals surface area contributed by atoms with E-state index in [2.05, 4.69) is 5.32 Å². The Labute approximate surface area is 99.1 Å². The van der Waals surface area contributed by atoms with Gasteiger partial charge in [-0.05, 0) is 36.4 Å². The quantitative estimate of drug-likeness (QED) is 0.857. The summed E-state index contributed by atoms with van der Waals surface area (Å²) in [5.74, 6) is -0.540. The van der Waals surface area contributed by atoms with Gasteiger partial charge in [0.05, 0.1) is 0 Å². The Balaban J connectivity index is 2.34. The predicted molar refractivity (Wildman–Crippen MR) is 64.6 cm³/mol. The van der Waals surface area contributed by atoms with Crippen LogP contribution in [-0.2, 0) is 6.54 Å². The first kappa shape index (κ1) is 11.7. The molecule has 0 saturated carbocycles. The van der Waals surface area contributed by atoms with Crippen molar-refractivity contribution in [1.82, 2.24) is 5.32 Å². The molecule has 0 bridgehead atoms. The van der Waals surface area contributed by atoms with Crippen molar-refractivity contribution in [2.75, 3.05) is 7.05 Å². The summed E-state index contributed by atoms with van der Waals surface area (Å²) >= 11 is 0. The fraction of sp³-hybridized carbons (Fsp3) is 0.143. The molecule has 0 radical (unpaired) electrons. The van der Waals surface area contributed by atoms with E-state index in [4.69, 9.17) is 0 Å². The van der Waals surface area contributed by atoms with Crippen molar-refractivity contribution < 1.29 is 8.78 Å². The number of halogens is 2. The minimum atomic E-state index is -0.291. The normalized spacial score (nSPS) is 10.5. The Morgan fingerprint density at radius 1 is 0.941 bits per heavy atom. The van der Waals surface area contributed by atoms with E-state index in [9.17, 15) is 8.78 Å². The summed E-state index contributed by atoms with van der Waals surface area (Å²) in [7, 11) is 1.77. The average molecular weight is 233 g/mol. The SMILES string of the molecule is CNCc1ccc(-c2ccc(F)cc2)cc1F. The van der Waals surface area contributed by atoms with E-state index in [1.165, 1.54) is 18.2 Å². The molecule has 1 N–H and O–H groups in total. The molecule has 0 amide bonds. The van der Waals surface area contributed by atoms with Gasteiger partial charge in [-0.1, -0.05) is 24.3 Å². The molecule has 0 aliphatic heterocycles. The van der Waals surface area contributed by atoms with Crippen molar-refractivity contribution in [3.05, 3.63) is 59.7 Å². The van der Waals surface area contributed by atoms with Gasteiger partial charge in [-0.2, -0.15) is 0 Å². The van der Waals surface area contributed by atoms with E-state index < -0.39 is 0 Å². The van der Waals surface area contributed by atoms with Crippen molar-refractivity contribution in [2.45, 2.75) is 6.54 Å². The van der Waals surface area contributed by atoms with Crippen molar-refractivity contribution >= 4 is 0 Å². The zero-order valence-corrected chi connectivity index (χ0v) is 9.50. The molecule has 0 aromatic heterocycles. The standard InChI is InChI=1S/C14H13F2N/c1-17-9-12-3-2-11(8-14(12)16)10-4-6-13(15)7-5-10/h2-8,17H,9H2,1H3. The predicted octanol–water partition coefficient (Wildman–Crippen LogP) is 3.35. The average Bonchev–Trinajstić information content (AvgIpc) is 2.33. The van der Waals surface area contributed by atoms with Crippen molar-refractivity contribution in [3.8, 4) is 11.1 Å². The molecule has 2 aromatic carbocycles. The second kappa shape index (κ2) is 5.06. The third-order valence-corrected chi connectivity index (χ3v) is 2.60. The molecule has 0 unspecified atom stereocenters. The van der Waals surface area contributed by atoms with Crippen LogP contribution in [0.25, 0.3) is 11.1 Å². The van der Waals surface area contributed by atoms with Gasteiger partial charge in [0, 0.05) is 12.1 Å². The highest BCUT2D eigenvalue weighted by atomic mass is 19.1. The second-order valence-corrected chi connectivity index (χ2v) is 3.84. The fourth-order valence-corrected chi connectivity index (χ4v) is 1.70. The van der Waals surface area contributed by atoms with Gasteiger partial charge in [0.1, 0.15) is 11.6 Å². The van der Waals surface area contributed by atoms with Crippen LogP contribution >= 0.6 is 0 Å². The Bertz CT molecular complexity index is 506. The third kappa shape index (κ3) is 2.68. The first-order chi connectivity index (χ1) is 8.20. The van der Waals surface area contributed by atoms with Crippen LogP contribution in [0.1, 0.15) is 5.56 Å².